The van der Waals surface area contributed by atoms with E-state index in [2.05, 4.69) is 10.6 Å². The number of nitrogens with zero attached hydrogens (tertiary/aromatic N) is 1. The van der Waals surface area contributed by atoms with Crippen LogP contribution in [-0.2, 0) is 11.2 Å². The van der Waals surface area contributed by atoms with Gasteiger partial charge in [0.2, 0.25) is 0 Å². The largest absolute Gasteiger partial charge is 0.493 e. The van der Waals surface area contributed by atoms with Crippen LogP contribution < -0.4 is 20.1 Å². The van der Waals surface area contributed by atoms with Crippen LogP contribution in [0.2, 0.25) is 0 Å². The standard InChI is InChI=1S/C26H39N3O3/c1-31-24-15-14-21(18-25(24)32-2)16-17-28-20-22(19-27)26(30)29-23-12-10-8-6-4-3-5-7-9-11-13-23/h14-15,18,20,23,28H,3-13,16-17H2,1-2H3,(H,29,30)/b22-20-. The lowest BCUT2D eigenvalue weighted by Crippen LogP contribution is -2.36. The molecule has 0 saturated heterocycles. The van der Waals surface area contributed by atoms with Crippen LogP contribution in [0.15, 0.2) is 30.0 Å². The second kappa shape index (κ2) is 15.2. The summed E-state index contributed by atoms with van der Waals surface area (Å²) in [6, 6.07) is 7.99. The van der Waals surface area contributed by atoms with E-state index in [4.69, 9.17) is 9.47 Å². The minimum atomic E-state index is -0.275. The van der Waals surface area contributed by atoms with Gasteiger partial charge in [-0.2, -0.15) is 5.26 Å². The molecule has 0 atom stereocenters. The monoisotopic (exact) mass is 441 g/mol. The van der Waals surface area contributed by atoms with Gasteiger partial charge in [-0.15, -0.1) is 0 Å². The third-order valence-electron chi connectivity index (χ3n) is 6.06. The van der Waals surface area contributed by atoms with E-state index in [9.17, 15) is 10.1 Å². The smallest absolute Gasteiger partial charge is 0.263 e. The van der Waals surface area contributed by atoms with E-state index in [1.54, 1.807) is 14.2 Å². The number of carbonyl (C=O) groups excluding carboxylic acids is 1. The Morgan fingerprint density at radius 3 is 2.16 bits per heavy atom. The highest BCUT2D eigenvalue weighted by Gasteiger charge is 2.16. The molecule has 176 valence electrons. The minimum Gasteiger partial charge on any atom is -0.493 e. The highest BCUT2D eigenvalue weighted by Crippen LogP contribution is 2.27. The van der Waals surface area contributed by atoms with Crippen molar-refractivity contribution < 1.29 is 14.3 Å². The Balaban J connectivity index is 1.84. The van der Waals surface area contributed by atoms with Gasteiger partial charge in [0.1, 0.15) is 11.6 Å². The third kappa shape index (κ3) is 9.21. The number of amides is 1. The molecule has 0 radical (unpaired) electrons. The molecule has 0 aromatic heterocycles. The molecule has 2 N–H and O–H groups in total. The fraction of sp³-hybridized carbons (Fsp3) is 0.615. The maximum Gasteiger partial charge on any atom is 0.263 e. The Hall–Kier alpha value is -2.68. The molecule has 1 aromatic rings. The summed E-state index contributed by atoms with van der Waals surface area (Å²) in [7, 11) is 3.23. The molecule has 0 unspecified atom stereocenters. The van der Waals surface area contributed by atoms with Crippen LogP contribution in [0.25, 0.3) is 0 Å². The quantitative estimate of drug-likeness (QED) is 0.336. The first-order valence-corrected chi connectivity index (χ1v) is 12.0. The van der Waals surface area contributed by atoms with Gasteiger partial charge in [-0.05, 0) is 37.0 Å². The van der Waals surface area contributed by atoms with Gasteiger partial charge in [-0.3, -0.25) is 4.79 Å². The summed E-state index contributed by atoms with van der Waals surface area (Å²) in [5.41, 5.74) is 1.21. The normalized spacial score (nSPS) is 16.7. The number of nitriles is 1. The van der Waals surface area contributed by atoms with Crippen molar-refractivity contribution in [3.05, 3.63) is 35.5 Å². The van der Waals surface area contributed by atoms with Gasteiger partial charge in [-0.25, -0.2) is 0 Å². The molecule has 1 aliphatic rings. The van der Waals surface area contributed by atoms with Crippen LogP contribution in [-0.4, -0.2) is 32.7 Å². The van der Waals surface area contributed by atoms with Gasteiger partial charge in [0.05, 0.1) is 14.2 Å². The Labute approximate surface area is 193 Å². The molecule has 6 heteroatoms. The molecule has 0 spiro atoms. The number of methoxy groups -OCH3 is 2. The molecular weight excluding hydrogens is 402 g/mol. The number of hydrogen-bond donors (Lipinski definition) is 2. The molecule has 0 heterocycles. The van der Waals surface area contributed by atoms with E-state index in [0.29, 0.717) is 18.0 Å². The average Bonchev–Trinajstić information content (AvgIpc) is 2.80. The molecule has 32 heavy (non-hydrogen) atoms. The van der Waals surface area contributed by atoms with Crippen molar-refractivity contribution in [3.8, 4) is 17.6 Å². The van der Waals surface area contributed by atoms with Crippen molar-refractivity contribution in [3.63, 3.8) is 0 Å². The van der Waals surface area contributed by atoms with Gasteiger partial charge >= 0.3 is 0 Å². The number of carbonyl (C=O) groups is 1. The first-order chi connectivity index (χ1) is 15.7. The SMILES string of the molecule is COc1ccc(CCN/C=C(/C#N)C(=O)NC2CCCCCCCCCCC2)cc1OC. The molecule has 1 aliphatic carbocycles. The van der Waals surface area contributed by atoms with Crippen LogP contribution in [0.4, 0.5) is 0 Å². The predicted molar refractivity (Wildman–Crippen MR) is 128 cm³/mol. The molecule has 1 fully saturated rings. The highest BCUT2D eigenvalue weighted by molar-refractivity contribution is 5.97. The summed E-state index contributed by atoms with van der Waals surface area (Å²) in [5, 5.41) is 15.7. The molecule has 1 aromatic carbocycles. The van der Waals surface area contributed by atoms with Crippen molar-refractivity contribution >= 4 is 5.91 Å². The zero-order valence-corrected chi connectivity index (χ0v) is 19.8. The minimum absolute atomic E-state index is 0.128. The van der Waals surface area contributed by atoms with Crippen molar-refractivity contribution in [2.24, 2.45) is 0 Å². The van der Waals surface area contributed by atoms with Crippen LogP contribution in [0.1, 0.15) is 76.2 Å². The fourth-order valence-electron chi connectivity index (χ4n) is 4.15. The maximum absolute atomic E-state index is 12.7. The second-order valence-electron chi connectivity index (χ2n) is 8.49. The number of ether oxygens (including phenoxy) is 2. The number of nitrogens with one attached hydrogen (secondary N) is 2. The zero-order valence-electron chi connectivity index (χ0n) is 19.8. The van der Waals surface area contributed by atoms with Crippen molar-refractivity contribution in [1.82, 2.24) is 10.6 Å². The molecule has 0 bridgehead atoms. The van der Waals surface area contributed by atoms with Crippen molar-refractivity contribution in [2.75, 3.05) is 20.8 Å². The number of hydrogen-bond acceptors (Lipinski definition) is 5. The van der Waals surface area contributed by atoms with E-state index in [1.165, 1.54) is 51.1 Å². The Bertz CT molecular complexity index is 758. The average molecular weight is 442 g/mol. The topological polar surface area (TPSA) is 83.4 Å². The Kier molecular flexibility index (Phi) is 12.1. The molecule has 6 nitrogen and oxygen atoms in total. The molecular formula is C26H39N3O3. The van der Waals surface area contributed by atoms with Crippen molar-refractivity contribution in [2.45, 2.75) is 83.1 Å². The molecule has 0 aliphatic heterocycles. The Morgan fingerprint density at radius 2 is 1.59 bits per heavy atom. The summed E-state index contributed by atoms with van der Waals surface area (Å²) in [6.07, 6.45) is 15.6. The lowest BCUT2D eigenvalue weighted by molar-refractivity contribution is -0.117. The molecule has 1 saturated carbocycles. The maximum atomic E-state index is 12.7. The molecule has 2 rings (SSSR count). The van der Waals surface area contributed by atoms with E-state index >= 15 is 0 Å². The number of rotatable bonds is 8. The van der Waals surface area contributed by atoms with E-state index < -0.39 is 0 Å². The second-order valence-corrected chi connectivity index (χ2v) is 8.49. The van der Waals surface area contributed by atoms with Crippen molar-refractivity contribution in [1.29, 1.82) is 5.26 Å². The number of benzene rings is 1. The lowest BCUT2D eigenvalue weighted by Gasteiger charge is -2.19. The first kappa shape index (κ1) is 25.6. The van der Waals surface area contributed by atoms with Crippen LogP contribution in [0.5, 0.6) is 11.5 Å². The van der Waals surface area contributed by atoms with E-state index in [0.717, 1.165) is 37.7 Å². The molecule has 1 amide bonds. The van der Waals surface area contributed by atoms with Gasteiger partial charge in [0, 0.05) is 18.8 Å². The lowest BCUT2D eigenvalue weighted by atomic mass is 9.98. The summed E-state index contributed by atoms with van der Waals surface area (Å²) in [5.74, 6) is 1.11. The van der Waals surface area contributed by atoms with Crippen LogP contribution in [0, 0.1) is 11.3 Å². The third-order valence-corrected chi connectivity index (χ3v) is 6.06. The Morgan fingerprint density at radius 1 is 1.00 bits per heavy atom. The van der Waals surface area contributed by atoms with Gasteiger partial charge in [-0.1, -0.05) is 63.9 Å². The van der Waals surface area contributed by atoms with Gasteiger partial charge < -0.3 is 20.1 Å². The van der Waals surface area contributed by atoms with E-state index in [-0.39, 0.29) is 17.5 Å². The zero-order chi connectivity index (χ0) is 23.0. The van der Waals surface area contributed by atoms with Crippen LogP contribution in [0.3, 0.4) is 0 Å². The highest BCUT2D eigenvalue weighted by atomic mass is 16.5. The summed E-state index contributed by atoms with van der Waals surface area (Å²) < 4.78 is 10.6. The van der Waals surface area contributed by atoms with Gasteiger partial charge in [0.25, 0.3) is 5.91 Å². The van der Waals surface area contributed by atoms with E-state index in [1.807, 2.05) is 24.3 Å². The summed E-state index contributed by atoms with van der Waals surface area (Å²) in [4.78, 5) is 12.7. The summed E-state index contributed by atoms with van der Waals surface area (Å²) >= 11 is 0. The predicted octanol–water partition coefficient (Wildman–Crippen LogP) is 5.03. The van der Waals surface area contributed by atoms with Crippen LogP contribution >= 0.6 is 0 Å². The van der Waals surface area contributed by atoms with Gasteiger partial charge in [0.15, 0.2) is 11.5 Å². The first-order valence-electron chi connectivity index (χ1n) is 12.0. The summed E-state index contributed by atoms with van der Waals surface area (Å²) in [6.45, 7) is 0.609. The fourth-order valence-corrected chi connectivity index (χ4v) is 4.15.